The molecule has 2 nitrogen and oxygen atoms in total. The van der Waals surface area contributed by atoms with Crippen molar-refractivity contribution in [3.8, 4) is 0 Å². The molecule has 0 aromatic carbocycles. The molecule has 0 saturated heterocycles. The molecule has 0 atom stereocenters. The summed E-state index contributed by atoms with van der Waals surface area (Å²) in [4.78, 5) is 1.65. The number of rotatable bonds is 7. The number of alkyl halides is 2. The van der Waals surface area contributed by atoms with Crippen molar-refractivity contribution < 1.29 is 8.78 Å². The third-order valence-electron chi connectivity index (χ3n) is 1.68. The van der Waals surface area contributed by atoms with Gasteiger partial charge in [-0.05, 0) is 13.0 Å². The van der Waals surface area contributed by atoms with Gasteiger partial charge in [-0.3, -0.25) is 4.90 Å². The molecule has 4 heteroatoms. The van der Waals surface area contributed by atoms with Crippen LogP contribution >= 0.6 is 0 Å². The van der Waals surface area contributed by atoms with E-state index in [-0.39, 0.29) is 6.54 Å². The Morgan fingerprint density at radius 2 is 2.15 bits per heavy atom. The minimum atomic E-state index is -2.78. The van der Waals surface area contributed by atoms with E-state index in [1.165, 1.54) is 0 Å². The van der Waals surface area contributed by atoms with E-state index in [4.69, 9.17) is 5.73 Å². The van der Waals surface area contributed by atoms with Gasteiger partial charge < -0.3 is 5.73 Å². The average molecular weight is 192 g/mol. The van der Waals surface area contributed by atoms with Gasteiger partial charge in [0.05, 0.1) is 13.1 Å². The normalized spacial score (nSPS) is 12.1. The second-order valence-electron chi connectivity index (χ2n) is 3.08. The van der Waals surface area contributed by atoms with Crippen LogP contribution in [0.25, 0.3) is 0 Å². The van der Waals surface area contributed by atoms with Crippen LogP contribution in [0.1, 0.15) is 13.3 Å². The lowest BCUT2D eigenvalue weighted by molar-refractivity contribution is -0.0208. The predicted molar refractivity (Wildman–Crippen MR) is 50.9 cm³/mol. The molecular formula is C9H18F2N2. The van der Waals surface area contributed by atoms with Crippen molar-refractivity contribution in [2.75, 3.05) is 26.2 Å². The van der Waals surface area contributed by atoms with E-state index in [2.05, 4.69) is 6.58 Å². The van der Waals surface area contributed by atoms with Gasteiger partial charge in [-0.1, -0.05) is 13.0 Å². The van der Waals surface area contributed by atoms with E-state index in [0.717, 1.165) is 6.42 Å². The summed E-state index contributed by atoms with van der Waals surface area (Å²) in [6.45, 7) is 5.75. The molecule has 0 aliphatic carbocycles. The highest BCUT2D eigenvalue weighted by Gasteiger charge is 2.28. The third kappa shape index (κ3) is 5.71. The fourth-order valence-corrected chi connectivity index (χ4v) is 1.13. The van der Waals surface area contributed by atoms with Crippen LogP contribution in [0, 0.1) is 0 Å². The monoisotopic (exact) mass is 192 g/mol. The molecule has 0 aliphatic rings. The first kappa shape index (κ1) is 12.5. The summed E-state index contributed by atoms with van der Waals surface area (Å²) >= 11 is 0. The summed E-state index contributed by atoms with van der Waals surface area (Å²) in [6, 6.07) is 0. The van der Waals surface area contributed by atoms with Crippen molar-refractivity contribution in [2.45, 2.75) is 19.3 Å². The van der Waals surface area contributed by atoms with Crippen molar-refractivity contribution in [1.29, 1.82) is 0 Å². The maximum atomic E-state index is 12.8. The van der Waals surface area contributed by atoms with Gasteiger partial charge in [0.1, 0.15) is 0 Å². The van der Waals surface area contributed by atoms with Crippen molar-refractivity contribution >= 4 is 0 Å². The zero-order valence-corrected chi connectivity index (χ0v) is 8.10. The second kappa shape index (κ2) is 6.05. The molecule has 0 radical (unpaired) electrons. The highest BCUT2D eigenvalue weighted by atomic mass is 19.3. The van der Waals surface area contributed by atoms with Crippen LogP contribution in [-0.4, -0.2) is 37.0 Å². The Kier molecular flexibility index (Phi) is 5.82. The van der Waals surface area contributed by atoms with Crippen molar-refractivity contribution in [2.24, 2.45) is 5.73 Å². The Balaban J connectivity index is 3.99. The lowest BCUT2D eigenvalue weighted by atomic mass is 10.3. The first-order chi connectivity index (χ1) is 6.05. The Bertz CT molecular complexity index is 149. The van der Waals surface area contributed by atoms with E-state index in [1.54, 1.807) is 11.0 Å². The molecule has 0 aromatic rings. The van der Waals surface area contributed by atoms with Gasteiger partial charge in [0.2, 0.25) is 0 Å². The zero-order valence-electron chi connectivity index (χ0n) is 8.10. The largest absolute Gasteiger partial charge is 0.325 e. The van der Waals surface area contributed by atoms with E-state index >= 15 is 0 Å². The Morgan fingerprint density at radius 3 is 2.54 bits per heavy atom. The molecule has 0 rings (SSSR count). The van der Waals surface area contributed by atoms with Crippen molar-refractivity contribution in [3.63, 3.8) is 0 Å². The van der Waals surface area contributed by atoms with Crippen LogP contribution in [0.15, 0.2) is 12.7 Å². The first-order valence-corrected chi connectivity index (χ1v) is 4.47. The van der Waals surface area contributed by atoms with Crippen LogP contribution in [0.2, 0.25) is 0 Å². The van der Waals surface area contributed by atoms with Crippen LogP contribution in [0.3, 0.4) is 0 Å². The fraction of sp³-hybridized carbons (Fsp3) is 0.778. The molecule has 0 heterocycles. The highest BCUT2D eigenvalue weighted by molar-refractivity contribution is 4.78. The molecule has 0 fully saturated rings. The number of nitrogens with zero attached hydrogens (tertiary/aromatic N) is 1. The summed E-state index contributed by atoms with van der Waals surface area (Å²) in [6.07, 6.45) is 2.48. The number of hydrogen-bond donors (Lipinski definition) is 1. The molecule has 0 spiro atoms. The smallest absolute Gasteiger partial charge is 0.272 e. The first-order valence-electron chi connectivity index (χ1n) is 4.47. The number of nitrogens with two attached hydrogens (primary N) is 1. The molecular weight excluding hydrogens is 174 g/mol. The highest BCUT2D eigenvalue weighted by Crippen LogP contribution is 2.13. The van der Waals surface area contributed by atoms with Crippen molar-refractivity contribution in [3.05, 3.63) is 12.7 Å². The molecule has 2 N–H and O–H groups in total. The van der Waals surface area contributed by atoms with Gasteiger partial charge in [-0.25, -0.2) is 8.78 Å². The average Bonchev–Trinajstić information content (AvgIpc) is 2.05. The maximum Gasteiger partial charge on any atom is 0.272 e. The van der Waals surface area contributed by atoms with Gasteiger partial charge >= 0.3 is 0 Å². The Hall–Kier alpha value is -0.480. The number of hydrogen-bond acceptors (Lipinski definition) is 2. The van der Waals surface area contributed by atoms with E-state index in [0.29, 0.717) is 13.1 Å². The lowest BCUT2D eigenvalue weighted by Gasteiger charge is -2.24. The summed E-state index contributed by atoms with van der Waals surface area (Å²) in [7, 11) is 0. The fourth-order valence-electron chi connectivity index (χ4n) is 1.13. The van der Waals surface area contributed by atoms with Crippen LogP contribution in [0.4, 0.5) is 8.78 Å². The topological polar surface area (TPSA) is 29.3 Å². The molecule has 0 saturated carbocycles. The minimum absolute atomic E-state index is 0.274. The molecule has 0 aromatic heterocycles. The SMILES string of the molecule is C=CCN(CCC)CC(F)(F)CN. The quantitative estimate of drug-likeness (QED) is 0.619. The minimum Gasteiger partial charge on any atom is -0.325 e. The van der Waals surface area contributed by atoms with Crippen molar-refractivity contribution in [1.82, 2.24) is 4.90 Å². The standard InChI is InChI=1S/C9H18F2N2/c1-3-5-13(6-4-2)8-9(10,11)7-12/h3H,1,4-8,12H2,2H3. The number of halogens is 2. The van der Waals surface area contributed by atoms with Crippen LogP contribution in [-0.2, 0) is 0 Å². The van der Waals surface area contributed by atoms with Crippen LogP contribution < -0.4 is 5.73 Å². The van der Waals surface area contributed by atoms with Gasteiger partial charge in [-0.2, -0.15) is 0 Å². The summed E-state index contributed by atoms with van der Waals surface area (Å²) < 4.78 is 25.7. The summed E-state index contributed by atoms with van der Waals surface area (Å²) in [5.41, 5.74) is 4.94. The van der Waals surface area contributed by atoms with E-state index < -0.39 is 12.5 Å². The van der Waals surface area contributed by atoms with Crippen LogP contribution in [0.5, 0.6) is 0 Å². The van der Waals surface area contributed by atoms with E-state index in [9.17, 15) is 8.78 Å². The predicted octanol–water partition coefficient (Wildman–Crippen LogP) is 1.48. The maximum absolute atomic E-state index is 12.8. The Labute approximate surface area is 78.4 Å². The molecule has 0 bridgehead atoms. The third-order valence-corrected chi connectivity index (χ3v) is 1.68. The molecule has 0 unspecified atom stereocenters. The second-order valence-corrected chi connectivity index (χ2v) is 3.08. The zero-order chi connectivity index (χ0) is 10.3. The molecule has 0 aliphatic heterocycles. The summed E-state index contributed by atoms with van der Waals surface area (Å²) in [5, 5.41) is 0. The van der Waals surface area contributed by atoms with Gasteiger partial charge in [-0.15, -0.1) is 6.58 Å². The van der Waals surface area contributed by atoms with Gasteiger partial charge in [0.15, 0.2) is 0 Å². The van der Waals surface area contributed by atoms with E-state index in [1.807, 2.05) is 6.92 Å². The molecule has 0 amide bonds. The molecule has 78 valence electrons. The van der Waals surface area contributed by atoms with Gasteiger partial charge in [0.25, 0.3) is 5.92 Å². The molecule has 13 heavy (non-hydrogen) atoms. The summed E-state index contributed by atoms with van der Waals surface area (Å²) in [5.74, 6) is -2.78. The lowest BCUT2D eigenvalue weighted by Crippen LogP contribution is -2.42. The van der Waals surface area contributed by atoms with Gasteiger partial charge in [0, 0.05) is 6.54 Å². The Morgan fingerprint density at radius 1 is 1.54 bits per heavy atom.